The quantitative estimate of drug-likeness (QED) is 0.796. The zero-order valence-electron chi connectivity index (χ0n) is 12.4. The normalized spacial score (nSPS) is 11.0. The molecule has 0 atom stereocenters. The van der Waals surface area contributed by atoms with Gasteiger partial charge in [-0.05, 0) is 19.9 Å². The third-order valence-corrected chi connectivity index (χ3v) is 3.83. The average Bonchev–Trinajstić information content (AvgIpc) is 3.00. The molecule has 6 heteroatoms. The summed E-state index contributed by atoms with van der Waals surface area (Å²) in [4.78, 5) is 8.41. The SMILES string of the molecule is Cc1nn(C)c(C)c1Cn1cncc1-c1cnccc1N. The molecule has 3 aromatic heterocycles. The van der Waals surface area contributed by atoms with Crippen LogP contribution < -0.4 is 5.73 Å². The van der Waals surface area contributed by atoms with E-state index in [4.69, 9.17) is 5.73 Å². The monoisotopic (exact) mass is 282 g/mol. The lowest BCUT2D eigenvalue weighted by molar-refractivity contribution is 0.727. The number of nitrogens with zero attached hydrogens (tertiary/aromatic N) is 5. The van der Waals surface area contributed by atoms with Crippen molar-refractivity contribution in [1.29, 1.82) is 0 Å². The topological polar surface area (TPSA) is 74.5 Å². The first-order valence-electron chi connectivity index (χ1n) is 6.77. The van der Waals surface area contributed by atoms with Gasteiger partial charge >= 0.3 is 0 Å². The molecule has 0 fully saturated rings. The molecule has 0 amide bonds. The summed E-state index contributed by atoms with van der Waals surface area (Å²) < 4.78 is 3.98. The number of nitrogens with two attached hydrogens (primary N) is 1. The van der Waals surface area contributed by atoms with Crippen LogP contribution in [-0.4, -0.2) is 24.3 Å². The van der Waals surface area contributed by atoms with Gasteiger partial charge in [0.2, 0.25) is 0 Å². The van der Waals surface area contributed by atoms with Gasteiger partial charge < -0.3 is 10.3 Å². The van der Waals surface area contributed by atoms with Gasteiger partial charge in [-0.25, -0.2) is 4.98 Å². The highest BCUT2D eigenvalue weighted by Crippen LogP contribution is 2.25. The molecular formula is C15H18N6. The number of nitrogen functional groups attached to an aromatic ring is 1. The Hall–Kier alpha value is -2.63. The van der Waals surface area contributed by atoms with Gasteiger partial charge in [0.25, 0.3) is 0 Å². The van der Waals surface area contributed by atoms with E-state index in [1.165, 1.54) is 5.56 Å². The number of hydrogen-bond acceptors (Lipinski definition) is 4. The molecule has 0 saturated heterocycles. The highest BCUT2D eigenvalue weighted by Gasteiger charge is 2.13. The van der Waals surface area contributed by atoms with Crippen molar-refractivity contribution in [2.75, 3.05) is 5.73 Å². The minimum absolute atomic E-state index is 0.700. The van der Waals surface area contributed by atoms with Crippen LogP contribution in [0.2, 0.25) is 0 Å². The van der Waals surface area contributed by atoms with Crippen molar-refractivity contribution in [1.82, 2.24) is 24.3 Å². The Kier molecular flexibility index (Phi) is 3.21. The van der Waals surface area contributed by atoms with E-state index in [0.29, 0.717) is 5.69 Å². The maximum atomic E-state index is 6.04. The molecule has 0 bridgehead atoms. The van der Waals surface area contributed by atoms with Crippen molar-refractivity contribution in [2.24, 2.45) is 7.05 Å². The van der Waals surface area contributed by atoms with Crippen molar-refractivity contribution in [3.05, 3.63) is 47.9 Å². The number of aromatic nitrogens is 5. The first-order valence-corrected chi connectivity index (χ1v) is 6.77. The zero-order chi connectivity index (χ0) is 15.0. The van der Waals surface area contributed by atoms with Crippen LogP contribution >= 0.6 is 0 Å². The molecule has 2 N–H and O–H groups in total. The molecule has 0 unspecified atom stereocenters. The van der Waals surface area contributed by atoms with Crippen molar-refractivity contribution in [2.45, 2.75) is 20.4 Å². The number of pyridine rings is 1. The van der Waals surface area contributed by atoms with Crippen molar-refractivity contribution in [3.8, 4) is 11.3 Å². The average molecular weight is 282 g/mol. The molecule has 0 spiro atoms. The minimum Gasteiger partial charge on any atom is -0.398 e. The Labute approximate surface area is 123 Å². The third kappa shape index (κ3) is 2.29. The van der Waals surface area contributed by atoms with Crippen LogP contribution in [0.25, 0.3) is 11.3 Å². The Morgan fingerprint density at radius 2 is 2.00 bits per heavy atom. The highest BCUT2D eigenvalue weighted by atomic mass is 15.3. The zero-order valence-corrected chi connectivity index (χ0v) is 12.4. The first kappa shape index (κ1) is 13.4. The van der Waals surface area contributed by atoms with E-state index < -0.39 is 0 Å². The van der Waals surface area contributed by atoms with Crippen LogP contribution in [0.15, 0.2) is 31.0 Å². The van der Waals surface area contributed by atoms with Gasteiger partial charge in [0.05, 0.1) is 30.5 Å². The third-order valence-electron chi connectivity index (χ3n) is 3.83. The van der Waals surface area contributed by atoms with E-state index in [-0.39, 0.29) is 0 Å². The van der Waals surface area contributed by atoms with E-state index in [2.05, 4.69) is 26.6 Å². The summed E-state index contributed by atoms with van der Waals surface area (Å²) in [7, 11) is 1.96. The molecule has 0 aliphatic carbocycles. The second kappa shape index (κ2) is 5.05. The van der Waals surface area contributed by atoms with Gasteiger partial charge in [-0.3, -0.25) is 9.67 Å². The first-order chi connectivity index (χ1) is 10.1. The van der Waals surface area contributed by atoms with Gasteiger partial charge in [0, 0.05) is 41.9 Å². The molecule has 0 radical (unpaired) electrons. The molecule has 0 aliphatic heterocycles. The van der Waals surface area contributed by atoms with Gasteiger partial charge in [-0.15, -0.1) is 0 Å². The Bertz CT molecular complexity index is 783. The lowest BCUT2D eigenvalue weighted by Crippen LogP contribution is -2.04. The molecule has 3 aromatic rings. The number of imidazole rings is 1. The van der Waals surface area contributed by atoms with Crippen LogP contribution in [0.4, 0.5) is 5.69 Å². The fraction of sp³-hybridized carbons (Fsp3) is 0.267. The molecular weight excluding hydrogens is 264 g/mol. The van der Waals surface area contributed by atoms with Crippen LogP contribution in [0.1, 0.15) is 17.0 Å². The van der Waals surface area contributed by atoms with Crippen molar-refractivity contribution in [3.63, 3.8) is 0 Å². The van der Waals surface area contributed by atoms with Crippen molar-refractivity contribution < 1.29 is 0 Å². The molecule has 3 heterocycles. The second-order valence-corrected chi connectivity index (χ2v) is 5.14. The molecule has 108 valence electrons. The predicted molar refractivity (Wildman–Crippen MR) is 81.7 cm³/mol. The highest BCUT2D eigenvalue weighted by molar-refractivity contribution is 5.72. The van der Waals surface area contributed by atoms with Crippen LogP contribution in [0.3, 0.4) is 0 Å². The van der Waals surface area contributed by atoms with Crippen LogP contribution in [-0.2, 0) is 13.6 Å². The summed E-state index contributed by atoms with van der Waals surface area (Å²) in [6.07, 6.45) is 7.09. The Balaban J connectivity index is 2.02. The van der Waals surface area contributed by atoms with Gasteiger partial charge in [-0.1, -0.05) is 0 Å². The maximum Gasteiger partial charge on any atom is 0.0954 e. The predicted octanol–water partition coefficient (Wildman–Crippen LogP) is 1.93. The fourth-order valence-corrected chi connectivity index (χ4v) is 2.51. The Morgan fingerprint density at radius 1 is 1.19 bits per heavy atom. The lowest BCUT2D eigenvalue weighted by Gasteiger charge is -2.10. The number of aryl methyl sites for hydroxylation is 2. The smallest absolute Gasteiger partial charge is 0.0954 e. The van der Waals surface area contributed by atoms with Gasteiger partial charge in [-0.2, -0.15) is 5.10 Å². The standard InChI is InChI=1S/C15H18N6/c1-10-13(11(2)20(3)19-10)8-21-9-18-7-15(21)12-6-17-5-4-14(12)16/h4-7,9H,8H2,1-3H3,(H2,16,17). The Morgan fingerprint density at radius 3 is 2.67 bits per heavy atom. The maximum absolute atomic E-state index is 6.04. The lowest BCUT2D eigenvalue weighted by atomic mass is 10.1. The summed E-state index contributed by atoms with van der Waals surface area (Å²) in [6.45, 7) is 4.82. The number of hydrogen-bond donors (Lipinski definition) is 1. The molecule has 0 aromatic carbocycles. The minimum atomic E-state index is 0.700. The summed E-state index contributed by atoms with van der Waals surface area (Å²) in [5, 5.41) is 4.46. The molecule has 6 nitrogen and oxygen atoms in total. The fourth-order valence-electron chi connectivity index (χ4n) is 2.51. The van der Waals surface area contributed by atoms with E-state index in [9.17, 15) is 0 Å². The van der Waals surface area contributed by atoms with E-state index in [1.807, 2.05) is 31.2 Å². The van der Waals surface area contributed by atoms with E-state index in [1.54, 1.807) is 18.5 Å². The van der Waals surface area contributed by atoms with Gasteiger partial charge in [0.1, 0.15) is 0 Å². The molecule has 21 heavy (non-hydrogen) atoms. The van der Waals surface area contributed by atoms with Crippen LogP contribution in [0, 0.1) is 13.8 Å². The van der Waals surface area contributed by atoms with E-state index in [0.717, 1.165) is 29.2 Å². The molecule has 3 rings (SSSR count). The number of rotatable bonds is 3. The summed E-state index contributed by atoms with van der Waals surface area (Å²) >= 11 is 0. The summed E-state index contributed by atoms with van der Waals surface area (Å²) in [6, 6.07) is 1.80. The van der Waals surface area contributed by atoms with Gasteiger partial charge in [0.15, 0.2) is 0 Å². The summed E-state index contributed by atoms with van der Waals surface area (Å²) in [5.74, 6) is 0. The van der Waals surface area contributed by atoms with Crippen molar-refractivity contribution >= 4 is 5.69 Å². The van der Waals surface area contributed by atoms with Crippen LogP contribution in [0.5, 0.6) is 0 Å². The summed E-state index contributed by atoms with van der Waals surface area (Å²) in [5.41, 5.74) is 12.0. The number of anilines is 1. The molecule has 0 saturated carbocycles. The molecule has 0 aliphatic rings. The second-order valence-electron chi connectivity index (χ2n) is 5.14. The van der Waals surface area contributed by atoms with E-state index >= 15 is 0 Å². The largest absolute Gasteiger partial charge is 0.398 e.